The molecule has 1 aromatic rings. The summed E-state index contributed by atoms with van der Waals surface area (Å²) in [5.41, 5.74) is 2.05. The van der Waals surface area contributed by atoms with Crippen molar-refractivity contribution in [2.45, 2.75) is 32.6 Å². The van der Waals surface area contributed by atoms with E-state index >= 15 is 0 Å². The number of carbonyl (C=O) groups is 1. The van der Waals surface area contributed by atoms with Crippen LogP contribution >= 0.6 is 11.3 Å². The summed E-state index contributed by atoms with van der Waals surface area (Å²) in [4.78, 5) is 13.0. The Bertz CT molecular complexity index is 354. The van der Waals surface area contributed by atoms with Crippen molar-refractivity contribution in [2.24, 2.45) is 0 Å². The summed E-state index contributed by atoms with van der Waals surface area (Å²) < 4.78 is 5.03. The van der Waals surface area contributed by atoms with Crippen LogP contribution in [0.5, 0.6) is 0 Å². The number of carbonyl (C=O) groups excluding carboxylic acids is 1. The Hall–Kier alpha value is -0.830. The molecule has 76 valence electrons. The minimum Gasteiger partial charge on any atom is -0.462 e. The van der Waals surface area contributed by atoms with Gasteiger partial charge in [0, 0.05) is 10.3 Å². The molecule has 1 heterocycles. The fourth-order valence-corrected chi connectivity index (χ4v) is 3.16. The lowest BCUT2D eigenvalue weighted by molar-refractivity contribution is 0.0525. The van der Waals surface area contributed by atoms with Crippen LogP contribution in [0, 0.1) is 0 Å². The summed E-state index contributed by atoms with van der Waals surface area (Å²) in [6, 6.07) is 0. The van der Waals surface area contributed by atoms with Gasteiger partial charge < -0.3 is 4.74 Å². The molecule has 0 spiro atoms. The van der Waals surface area contributed by atoms with Gasteiger partial charge in [0.15, 0.2) is 0 Å². The standard InChI is InChI=1S/C11H14O2S/c1-3-13-11(12)8-6-14-9-5-4-7(2)10(8)9/h6-7H,3-5H2,1-2H3. The maximum Gasteiger partial charge on any atom is 0.339 e. The summed E-state index contributed by atoms with van der Waals surface area (Å²) in [5, 5.41) is 1.94. The van der Waals surface area contributed by atoms with E-state index in [2.05, 4.69) is 6.92 Å². The van der Waals surface area contributed by atoms with Crippen LogP contribution in [-0.4, -0.2) is 12.6 Å². The van der Waals surface area contributed by atoms with E-state index in [1.54, 1.807) is 11.3 Å². The van der Waals surface area contributed by atoms with E-state index in [1.807, 2.05) is 12.3 Å². The van der Waals surface area contributed by atoms with Gasteiger partial charge in [-0.25, -0.2) is 4.79 Å². The van der Waals surface area contributed by atoms with E-state index in [0.717, 1.165) is 12.0 Å². The van der Waals surface area contributed by atoms with Crippen LogP contribution in [0.4, 0.5) is 0 Å². The highest BCUT2D eigenvalue weighted by molar-refractivity contribution is 7.10. The highest BCUT2D eigenvalue weighted by atomic mass is 32.1. The van der Waals surface area contributed by atoms with Gasteiger partial charge in [0.05, 0.1) is 12.2 Å². The second-order valence-corrected chi connectivity index (χ2v) is 4.61. The molecule has 0 N–H and O–H groups in total. The molecule has 0 amide bonds. The largest absolute Gasteiger partial charge is 0.462 e. The van der Waals surface area contributed by atoms with Crippen molar-refractivity contribution in [3.05, 3.63) is 21.4 Å². The van der Waals surface area contributed by atoms with E-state index in [1.165, 1.54) is 16.9 Å². The third kappa shape index (κ3) is 1.46. The molecule has 1 unspecified atom stereocenters. The molecule has 1 atom stereocenters. The van der Waals surface area contributed by atoms with Gasteiger partial charge in [-0.3, -0.25) is 0 Å². The summed E-state index contributed by atoms with van der Waals surface area (Å²) in [5.74, 6) is 0.370. The Morgan fingerprint density at radius 2 is 2.50 bits per heavy atom. The number of hydrogen-bond donors (Lipinski definition) is 0. The zero-order valence-electron chi connectivity index (χ0n) is 8.50. The smallest absolute Gasteiger partial charge is 0.339 e. The number of thiophene rings is 1. The molecule has 1 aliphatic carbocycles. The van der Waals surface area contributed by atoms with Crippen LogP contribution in [0.15, 0.2) is 5.38 Å². The predicted molar refractivity (Wildman–Crippen MR) is 57.0 cm³/mol. The number of fused-ring (bicyclic) bond motifs is 1. The van der Waals surface area contributed by atoms with Crippen molar-refractivity contribution < 1.29 is 9.53 Å². The lowest BCUT2D eigenvalue weighted by Crippen LogP contribution is -2.06. The monoisotopic (exact) mass is 210 g/mol. The molecule has 0 saturated heterocycles. The Morgan fingerprint density at radius 3 is 3.21 bits per heavy atom. The second kappa shape index (κ2) is 3.73. The van der Waals surface area contributed by atoms with Gasteiger partial charge in [-0.15, -0.1) is 11.3 Å². The molecule has 0 fully saturated rings. The Morgan fingerprint density at radius 1 is 1.71 bits per heavy atom. The Balaban J connectivity index is 2.31. The minimum absolute atomic E-state index is 0.154. The fourth-order valence-electron chi connectivity index (χ4n) is 2.00. The average molecular weight is 210 g/mol. The molecule has 14 heavy (non-hydrogen) atoms. The van der Waals surface area contributed by atoms with Crippen LogP contribution in [0.25, 0.3) is 0 Å². The van der Waals surface area contributed by atoms with Gasteiger partial charge in [0.2, 0.25) is 0 Å². The Kier molecular flexibility index (Phi) is 2.59. The second-order valence-electron chi connectivity index (χ2n) is 3.65. The molecular weight excluding hydrogens is 196 g/mol. The molecular formula is C11H14O2S. The summed E-state index contributed by atoms with van der Waals surface area (Å²) >= 11 is 1.70. The van der Waals surface area contributed by atoms with E-state index in [0.29, 0.717) is 12.5 Å². The number of ether oxygens (including phenoxy) is 1. The molecule has 0 radical (unpaired) electrons. The van der Waals surface area contributed by atoms with E-state index in [9.17, 15) is 4.79 Å². The van der Waals surface area contributed by atoms with Gasteiger partial charge in [-0.05, 0) is 31.2 Å². The van der Waals surface area contributed by atoms with Crippen molar-refractivity contribution >= 4 is 17.3 Å². The van der Waals surface area contributed by atoms with Crippen LogP contribution in [0.1, 0.15) is 47.0 Å². The van der Waals surface area contributed by atoms with Crippen LogP contribution in [0.3, 0.4) is 0 Å². The number of aryl methyl sites for hydroxylation is 1. The molecule has 1 aromatic heterocycles. The van der Waals surface area contributed by atoms with E-state index in [4.69, 9.17) is 4.74 Å². The van der Waals surface area contributed by atoms with Crippen molar-refractivity contribution in [1.29, 1.82) is 0 Å². The number of rotatable bonds is 2. The molecule has 1 aliphatic rings. The van der Waals surface area contributed by atoms with Crippen LogP contribution in [-0.2, 0) is 11.2 Å². The van der Waals surface area contributed by atoms with Gasteiger partial charge in [0.25, 0.3) is 0 Å². The van der Waals surface area contributed by atoms with Crippen LogP contribution in [0.2, 0.25) is 0 Å². The molecule has 2 nitrogen and oxygen atoms in total. The zero-order valence-corrected chi connectivity index (χ0v) is 9.32. The number of esters is 1. The maximum absolute atomic E-state index is 11.6. The highest BCUT2D eigenvalue weighted by Gasteiger charge is 2.27. The van der Waals surface area contributed by atoms with Gasteiger partial charge in [-0.2, -0.15) is 0 Å². The first-order valence-corrected chi connectivity index (χ1v) is 5.89. The third-order valence-corrected chi connectivity index (χ3v) is 3.76. The zero-order chi connectivity index (χ0) is 10.1. The molecule has 3 heteroatoms. The maximum atomic E-state index is 11.6. The highest BCUT2D eigenvalue weighted by Crippen LogP contribution is 2.39. The minimum atomic E-state index is -0.154. The van der Waals surface area contributed by atoms with E-state index < -0.39 is 0 Å². The predicted octanol–water partition coefficient (Wildman–Crippen LogP) is 2.97. The van der Waals surface area contributed by atoms with Crippen LogP contribution < -0.4 is 0 Å². The summed E-state index contributed by atoms with van der Waals surface area (Å²) in [6.07, 6.45) is 2.30. The quantitative estimate of drug-likeness (QED) is 0.701. The lowest BCUT2D eigenvalue weighted by atomic mass is 10.0. The van der Waals surface area contributed by atoms with Gasteiger partial charge in [0.1, 0.15) is 0 Å². The first kappa shape index (κ1) is 9.71. The van der Waals surface area contributed by atoms with Crippen molar-refractivity contribution in [3.63, 3.8) is 0 Å². The van der Waals surface area contributed by atoms with E-state index in [-0.39, 0.29) is 5.97 Å². The number of hydrogen-bond acceptors (Lipinski definition) is 3. The Labute approximate surface area is 87.9 Å². The first-order chi connectivity index (χ1) is 6.74. The molecule has 0 bridgehead atoms. The lowest BCUT2D eigenvalue weighted by Gasteiger charge is -2.05. The first-order valence-electron chi connectivity index (χ1n) is 5.01. The third-order valence-electron chi connectivity index (χ3n) is 2.70. The average Bonchev–Trinajstić information content (AvgIpc) is 2.70. The molecule has 0 saturated carbocycles. The SMILES string of the molecule is CCOC(=O)c1csc2c1C(C)CC2. The van der Waals surface area contributed by atoms with Gasteiger partial charge >= 0.3 is 5.97 Å². The summed E-state index contributed by atoms with van der Waals surface area (Å²) in [7, 11) is 0. The topological polar surface area (TPSA) is 26.3 Å². The summed E-state index contributed by atoms with van der Waals surface area (Å²) in [6.45, 7) is 4.48. The van der Waals surface area contributed by atoms with Crippen molar-refractivity contribution in [3.8, 4) is 0 Å². The molecule has 2 rings (SSSR count). The normalized spacial score (nSPS) is 19.4. The molecule has 0 aliphatic heterocycles. The molecule has 0 aromatic carbocycles. The van der Waals surface area contributed by atoms with Crippen molar-refractivity contribution in [2.75, 3.05) is 6.61 Å². The van der Waals surface area contributed by atoms with Crippen molar-refractivity contribution in [1.82, 2.24) is 0 Å². The fraction of sp³-hybridized carbons (Fsp3) is 0.545. The van der Waals surface area contributed by atoms with Gasteiger partial charge in [-0.1, -0.05) is 6.92 Å².